The normalized spacial score (nSPS) is 32.9. The van der Waals surface area contributed by atoms with Crippen LogP contribution in [0.5, 0.6) is 0 Å². The van der Waals surface area contributed by atoms with E-state index in [9.17, 15) is 4.79 Å². The van der Waals surface area contributed by atoms with E-state index in [2.05, 4.69) is 0 Å². The molecular weight excluding hydrogens is 220 g/mol. The highest BCUT2D eigenvalue weighted by Gasteiger charge is 2.62. The maximum atomic E-state index is 11.7. The molecule has 1 aliphatic heterocycles. The molecule has 1 heterocycles. The number of carbonyl (C=O) groups is 1. The Labute approximate surface area is 102 Å². The maximum Gasteiger partial charge on any atom is 0.309 e. The van der Waals surface area contributed by atoms with E-state index in [1.807, 2.05) is 6.92 Å². The van der Waals surface area contributed by atoms with E-state index in [1.54, 1.807) is 0 Å². The van der Waals surface area contributed by atoms with Crippen LogP contribution in [0.3, 0.4) is 0 Å². The van der Waals surface area contributed by atoms with Gasteiger partial charge in [-0.2, -0.15) is 0 Å². The minimum atomic E-state index is -0.312. The van der Waals surface area contributed by atoms with E-state index in [4.69, 9.17) is 14.2 Å². The Morgan fingerprint density at radius 1 is 1.24 bits per heavy atom. The van der Waals surface area contributed by atoms with E-state index >= 15 is 0 Å². The average Bonchev–Trinajstić information content (AvgIpc) is 2.86. The van der Waals surface area contributed by atoms with Crippen molar-refractivity contribution in [2.75, 3.05) is 19.8 Å². The molecule has 0 radical (unpaired) electrons. The quantitative estimate of drug-likeness (QED) is 0.691. The summed E-state index contributed by atoms with van der Waals surface area (Å²) >= 11 is 0. The van der Waals surface area contributed by atoms with Crippen molar-refractivity contribution in [2.45, 2.75) is 44.8 Å². The summed E-state index contributed by atoms with van der Waals surface area (Å²) in [4.78, 5) is 11.7. The zero-order valence-corrected chi connectivity index (χ0v) is 10.4. The molecule has 2 saturated carbocycles. The highest BCUT2D eigenvalue weighted by molar-refractivity contribution is 5.77. The zero-order chi connectivity index (χ0) is 11.9. The van der Waals surface area contributed by atoms with Crippen LogP contribution in [0.15, 0.2) is 0 Å². The molecule has 3 rings (SSSR count). The first-order valence-electron chi connectivity index (χ1n) is 6.64. The largest absolute Gasteiger partial charge is 0.466 e. The Morgan fingerprint density at radius 3 is 2.47 bits per heavy atom. The minimum absolute atomic E-state index is 0.00305. The lowest BCUT2D eigenvalue weighted by Gasteiger charge is -2.36. The summed E-state index contributed by atoms with van der Waals surface area (Å²) in [6.45, 7) is 3.78. The Balaban J connectivity index is 1.57. The van der Waals surface area contributed by atoms with E-state index < -0.39 is 0 Å². The van der Waals surface area contributed by atoms with Crippen LogP contribution in [0.25, 0.3) is 0 Å². The molecule has 1 unspecified atom stereocenters. The van der Waals surface area contributed by atoms with Crippen LogP contribution in [0.2, 0.25) is 0 Å². The third-order valence-corrected chi connectivity index (χ3v) is 4.58. The predicted octanol–water partition coefficient (Wildman–Crippen LogP) is 1.87. The molecule has 0 aromatic heterocycles. The second kappa shape index (κ2) is 3.95. The van der Waals surface area contributed by atoms with Gasteiger partial charge in [0.1, 0.15) is 0 Å². The van der Waals surface area contributed by atoms with Crippen LogP contribution >= 0.6 is 0 Å². The van der Waals surface area contributed by atoms with Gasteiger partial charge in [0, 0.05) is 12.8 Å². The van der Waals surface area contributed by atoms with Gasteiger partial charge in [-0.3, -0.25) is 4.79 Å². The van der Waals surface area contributed by atoms with Gasteiger partial charge in [-0.15, -0.1) is 0 Å². The van der Waals surface area contributed by atoms with Gasteiger partial charge in [-0.1, -0.05) is 0 Å². The monoisotopic (exact) mass is 240 g/mol. The molecule has 4 heteroatoms. The first-order chi connectivity index (χ1) is 8.20. The Morgan fingerprint density at radius 2 is 1.88 bits per heavy atom. The molecule has 0 aromatic rings. The third kappa shape index (κ3) is 1.87. The van der Waals surface area contributed by atoms with Crippen molar-refractivity contribution < 1.29 is 19.0 Å². The van der Waals surface area contributed by atoms with Gasteiger partial charge in [0.2, 0.25) is 0 Å². The first kappa shape index (κ1) is 11.5. The maximum absolute atomic E-state index is 11.7. The molecule has 17 heavy (non-hydrogen) atoms. The fourth-order valence-electron chi connectivity index (χ4n) is 3.39. The Bertz CT molecular complexity index is 309. The summed E-state index contributed by atoms with van der Waals surface area (Å²) < 4.78 is 16.5. The van der Waals surface area contributed by atoms with Crippen molar-refractivity contribution in [3.05, 3.63) is 0 Å². The van der Waals surface area contributed by atoms with Crippen LogP contribution in [-0.4, -0.2) is 31.6 Å². The smallest absolute Gasteiger partial charge is 0.309 e. The standard InChI is InChI=1S/C13H20O4/c1-2-15-11(14)10-9-12(10)3-5-13(6-4-12)16-7-8-17-13/h10H,2-9H2,1H3. The van der Waals surface area contributed by atoms with Crippen LogP contribution in [-0.2, 0) is 19.0 Å². The van der Waals surface area contributed by atoms with Crippen LogP contribution in [0.4, 0.5) is 0 Å². The fraction of sp³-hybridized carbons (Fsp3) is 0.923. The van der Waals surface area contributed by atoms with Crippen LogP contribution in [0, 0.1) is 11.3 Å². The Hall–Kier alpha value is -0.610. The van der Waals surface area contributed by atoms with Gasteiger partial charge in [0.25, 0.3) is 0 Å². The van der Waals surface area contributed by atoms with Gasteiger partial charge < -0.3 is 14.2 Å². The van der Waals surface area contributed by atoms with Crippen molar-refractivity contribution in [2.24, 2.45) is 11.3 Å². The number of ether oxygens (including phenoxy) is 3. The van der Waals surface area contributed by atoms with Gasteiger partial charge in [0.05, 0.1) is 25.7 Å². The fourth-order valence-corrected chi connectivity index (χ4v) is 3.39. The van der Waals surface area contributed by atoms with E-state index in [0.717, 1.165) is 32.1 Å². The molecule has 1 atom stereocenters. The van der Waals surface area contributed by atoms with Crippen molar-refractivity contribution in [3.8, 4) is 0 Å². The summed E-state index contributed by atoms with van der Waals surface area (Å²) in [6.07, 6.45) is 4.95. The molecule has 4 nitrogen and oxygen atoms in total. The number of esters is 1. The number of hydrogen-bond donors (Lipinski definition) is 0. The summed E-state index contributed by atoms with van der Waals surface area (Å²) in [6, 6.07) is 0. The van der Waals surface area contributed by atoms with Crippen molar-refractivity contribution in [1.82, 2.24) is 0 Å². The lowest BCUT2D eigenvalue weighted by atomic mass is 9.81. The Kier molecular flexibility index (Phi) is 2.67. The average molecular weight is 240 g/mol. The second-order valence-corrected chi connectivity index (χ2v) is 5.48. The topological polar surface area (TPSA) is 44.8 Å². The van der Waals surface area contributed by atoms with Crippen LogP contribution < -0.4 is 0 Å². The van der Waals surface area contributed by atoms with Gasteiger partial charge in [0.15, 0.2) is 5.79 Å². The zero-order valence-electron chi connectivity index (χ0n) is 10.4. The predicted molar refractivity (Wildman–Crippen MR) is 60.3 cm³/mol. The highest BCUT2D eigenvalue weighted by atomic mass is 16.7. The molecular formula is C13H20O4. The highest BCUT2D eigenvalue weighted by Crippen LogP contribution is 2.63. The molecule has 96 valence electrons. The molecule has 3 aliphatic rings. The van der Waals surface area contributed by atoms with Gasteiger partial charge in [-0.25, -0.2) is 0 Å². The second-order valence-electron chi connectivity index (χ2n) is 5.48. The summed E-state index contributed by atoms with van der Waals surface area (Å²) in [7, 11) is 0. The van der Waals surface area contributed by atoms with Crippen molar-refractivity contribution in [3.63, 3.8) is 0 Å². The van der Waals surface area contributed by atoms with E-state index in [1.165, 1.54) is 0 Å². The minimum Gasteiger partial charge on any atom is -0.466 e. The lowest BCUT2D eigenvalue weighted by molar-refractivity contribution is -0.186. The number of rotatable bonds is 2. The third-order valence-electron chi connectivity index (χ3n) is 4.58. The first-order valence-corrected chi connectivity index (χ1v) is 6.64. The van der Waals surface area contributed by atoms with Crippen molar-refractivity contribution in [1.29, 1.82) is 0 Å². The molecule has 1 saturated heterocycles. The van der Waals surface area contributed by atoms with Crippen LogP contribution in [0.1, 0.15) is 39.0 Å². The molecule has 0 amide bonds. The summed E-state index contributed by atoms with van der Waals surface area (Å²) in [5.41, 5.74) is 0.215. The van der Waals surface area contributed by atoms with Gasteiger partial charge >= 0.3 is 5.97 Å². The molecule has 0 aromatic carbocycles. The number of hydrogen-bond acceptors (Lipinski definition) is 4. The summed E-state index contributed by atoms with van der Waals surface area (Å²) in [5, 5.41) is 0. The molecule has 2 aliphatic carbocycles. The molecule has 0 bridgehead atoms. The number of carbonyl (C=O) groups excluding carboxylic acids is 1. The van der Waals surface area contributed by atoms with E-state index in [0.29, 0.717) is 19.8 Å². The molecule has 0 N–H and O–H groups in total. The van der Waals surface area contributed by atoms with Gasteiger partial charge in [-0.05, 0) is 31.6 Å². The SMILES string of the molecule is CCOC(=O)C1CC12CCC1(CC2)OCCO1. The molecule has 2 spiro atoms. The summed E-state index contributed by atoms with van der Waals surface area (Å²) in [5.74, 6) is -0.175. The van der Waals surface area contributed by atoms with Crippen molar-refractivity contribution >= 4 is 5.97 Å². The molecule has 3 fully saturated rings. The van der Waals surface area contributed by atoms with E-state index in [-0.39, 0.29) is 23.1 Å². The lowest BCUT2D eigenvalue weighted by Crippen LogP contribution is -2.36.